The van der Waals surface area contributed by atoms with E-state index in [4.69, 9.17) is 16.3 Å². The first kappa shape index (κ1) is 23.1. The summed E-state index contributed by atoms with van der Waals surface area (Å²) >= 11 is 6.26. The van der Waals surface area contributed by atoms with Crippen molar-refractivity contribution in [3.63, 3.8) is 0 Å². The van der Waals surface area contributed by atoms with Gasteiger partial charge in [0, 0.05) is 54.2 Å². The van der Waals surface area contributed by atoms with Crippen LogP contribution in [0.1, 0.15) is 24.8 Å². The maximum absolute atomic E-state index is 13.3. The van der Waals surface area contributed by atoms with E-state index in [1.165, 1.54) is 5.56 Å². The van der Waals surface area contributed by atoms with Gasteiger partial charge in [-0.15, -0.1) is 0 Å². The fourth-order valence-corrected chi connectivity index (χ4v) is 5.96. The minimum Gasteiger partial charge on any atom is -0.492 e. The third-order valence-electron chi connectivity index (χ3n) is 6.07. The molecule has 1 fully saturated rings. The molecule has 1 aliphatic heterocycles. The van der Waals surface area contributed by atoms with Crippen LogP contribution >= 0.6 is 11.6 Å². The van der Waals surface area contributed by atoms with Crippen LogP contribution in [0.5, 0.6) is 5.75 Å². The molecule has 0 N–H and O–H groups in total. The number of halogens is 1. The summed E-state index contributed by atoms with van der Waals surface area (Å²) in [5.41, 5.74) is 2.31. The summed E-state index contributed by atoms with van der Waals surface area (Å²) in [5.74, 6) is 0.821. The molecular formula is C24H30ClN3O3S. The normalized spacial score (nSPS) is 17.5. The quantitative estimate of drug-likeness (QED) is 0.483. The Balaban J connectivity index is 1.50. The molecule has 32 heavy (non-hydrogen) atoms. The van der Waals surface area contributed by atoms with Gasteiger partial charge in [-0.1, -0.05) is 11.6 Å². The maximum atomic E-state index is 13.3. The number of ether oxygens (including phenoxy) is 1. The van der Waals surface area contributed by atoms with Crippen LogP contribution in [0.25, 0.3) is 10.9 Å². The Morgan fingerprint density at radius 2 is 1.91 bits per heavy atom. The number of benzene rings is 2. The summed E-state index contributed by atoms with van der Waals surface area (Å²) in [5, 5.41) is 1.81. The van der Waals surface area contributed by atoms with Crippen LogP contribution in [0.4, 0.5) is 0 Å². The Morgan fingerprint density at radius 1 is 1.16 bits per heavy atom. The zero-order chi connectivity index (χ0) is 22.9. The lowest BCUT2D eigenvalue weighted by Crippen LogP contribution is -2.28. The van der Waals surface area contributed by atoms with Gasteiger partial charge in [0.15, 0.2) is 0 Å². The maximum Gasteiger partial charge on any atom is 0.243 e. The van der Waals surface area contributed by atoms with E-state index in [-0.39, 0.29) is 5.92 Å². The number of rotatable bonds is 8. The Bertz CT molecular complexity index is 1190. The van der Waals surface area contributed by atoms with Gasteiger partial charge in [-0.25, -0.2) is 8.42 Å². The zero-order valence-corrected chi connectivity index (χ0v) is 20.4. The van der Waals surface area contributed by atoms with Crippen LogP contribution in [0.3, 0.4) is 0 Å². The average molecular weight is 476 g/mol. The Morgan fingerprint density at radius 3 is 2.59 bits per heavy atom. The van der Waals surface area contributed by atoms with Crippen molar-refractivity contribution in [1.29, 1.82) is 0 Å². The summed E-state index contributed by atoms with van der Waals surface area (Å²) in [6, 6.07) is 12.7. The number of hydrogen-bond acceptors (Lipinski definition) is 4. The van der Waals surface area contributed by atoms with E-state index in [9.17, 15) is 8.42 Å². The fraction of sp³-hybridized carbons (Fsp3) is 0.417. The van der Waals surface area contributed by atoms with E-state index < -0.39 is 10.0 Å². The lowest BCUT2D eigenvalue weighted by atomic mass is 9.98. The molecule has 1 aromatic heterocycles. The van der Waals surface area contributed by atoms with Gasteiger partial charge in [0.2, 0.25) is 10.0 Å². The predicted octanol–water partition coefficient (Wildman–Crippen LogP) is 4.43. The standard InChI is InChI=1S/C24H30ClN3O3S/c1-4-27-17-23(22-15-19(25)5-10-24(22)27)18-11-12-28(16-18)32(29,30)21-8-6-20(7-9-21)31-14-13-26(2)3/h5-10,15,17-18H,4,11-14,16H2,1-3H3. The highest BCUT2D eigenvalue weighted by atomic mass is 35.5. The average Bonchev–Trinajstić information content (AvgIpc) is 3.39. The van der Waals surface area contributed by atoms with Crippen molar-refractivity contribution in [2.75, 3.05) is 40.3 Å². The third-order valence-corrected chi connectivity index (χ3v) is 8.19. The molecule has 1 unspecified atom stereocenters. The van der Waals surface area contributed by atoms with Crippen molar-refractivity contribution in [2.24, 2.45) is 0 Å². The summed E-state index contributed by atoms with van der Waals surface area (Å²) in [4.78, 5) is 2.34. The van der Waals surface area contributed by atoms with Gasteiger partial charge in [-0.2, -0.15) is 4.31 Å². The van der Waals surface area contributed by atoms with Crippen LogP contribution in [-0.2, 0) is 16.6 Å². The first-order valence-electron chi connectivity index (χ1n) is 11.0. The SMILES string of the molecule is CCn1cc(C2CCN(S(=O)(=O)c3ccc(OCCN(C)C)cc3)C2)c2cc(Cl)ccc21. The lowest BCUT2D eigenvalue weighted by Gasteiger charge is -2.17. The second-order valence-electron chi connectivity index (χ2n) is 8.50. The molecule has 172 valence electrons. The van der Waals surface area contributed by atoms with Gasteiger partial charge in [0.05, 0.1) is 4.90 Å². The van der Waals surface area contributed by atoms with Crippen molar-refractivity contribution in [3.05, 3.63) is 59.2 Å². The highest BCUT2D eigenvalue weighted by Gasteiger charge is 2.34. The minimum atomic E-state index is -3.55. The van der Waals surface area contributed by atoms with E-state index in [1.54, 1.807) is 28.6 Å². The molecular weight excluding hydrogens is 446 g/mol. The number of likely N-dealkylation sites (N-methyl/N-ethyl adjacent to an activating group) is 1. The van der Waals surface area contributed by atoms with Crippen molar-refractivity contribution in [1.82, 2.24) is 13.8 Å². The van der Waals surface area contributed by atoms with Gasteiger partial charge >= 0.3 is 0 Å². The van der Waals surface area contributed by atoms with Gasteiger partial charge in [-0.3, -0.25) is 0 Å². The first-order valence-corrected chi connectivity index (χ1v) is 12.8. The van der Waals surface area contributed by atoms with Crippen molar-refractivity contribution in [3.8, 4) is 5.75 Å². The number of nitrogens with zero attached hydrogens (tertiary/aromatic N) is 3. The number of sulfonamides is 1. The van der Waals surface area contributed by atoms with Gasteiger partial charge < -0.3 is 14.2 Å². The molecule has 8 heteroatoms. The molecule has 0 amide bonds. The summed E-state index contributed by atoms with van der Waals surface area (Å²) < 4.78 is 36.0. The Labute approximate surface area is 195 Å². The molecule has 0 saturated carbocycles. The van der Waals surface area contributed by atoms with Gasteiger partial charge in [-0.05, 0) is 75.5 Å². The highest BCUT2D eigenvalue weighted by Crippen LogP contribution is 2.37. The summed E-state index contributed by atoms with van der Waals surface area (Å²) in [7, 11) is 0.412. The molecule has 1 saturated heterocycles. The smallest absolute Gasteiger partial charge is 0.243 e. The number of hydrogen-bond donors (Lipinski definition) is 0. The van der Waals surface area contributed by atoms with Crippen molar-refractivity contribution < 1.29 is 13.2 Å². The molecule has 0 aliphatic carbocycles. The molecule has 3 aromatic rings. The molecule has 1 aliphatic rings. The van der Waals surface area contributed by atoms with Gasteiger partial charge in [0.25, 0.3) is 0 Å². The van der Waals surface area contributed by atoms with E-state index in [0.717, 1.165) is 30.4 Å². The van der Waals surface area contributed by atoms with Crippen LogP contribution in [0, 0.1) is 0 Å². The molecule has 2 aromatic carbocycles. The number of fused-ring (bicyclic) bond motifs is 1. The van der Waals surface area contributed by atoms with Crippen LogP contribution in [0.2, 0.25) is 5.02 Å². The van der Waals surface area contributed by atoms with Crippen molar-refractivity contribution in [2.45, 2.75) is 30.7 Å². The zero-order valence-electron chi connectivity index (χ0n) is 18.8. The fourth-order valence-electron chi connectivity index (χ4n) is 4.29. The molecule has 6 nitrogen and oxygen atoms in total. The largest absolute Gasteiger partial charge is 0.492 e. The van der Waals surface area contributed by atoms with E-state index in [2.05, 4.69) is 17.7 Å². The summed E-state index contributed by atoms with van der Waals surface area (Å²) in [6.07, 6.45) is 2.95. The van der Waals surface area contributed by atoms with Crippen molar-refractivity contribution >= 4 is 32.5 Å². The van der Waals surface area contributed by atoms with E-state index in [0.29, 0.717) is 35.4 Å². The second-order valence-corrected chi connectivity index (χ2v) is 10.9. The van der Waals surface area contributed by atoms with Crippen LogP contribution < -0.4 is 4.74 Å². The first-order chi connectivity index (χ1) is 15.3. The second kappa shape index (κ2) is 9.43. The highest BCUT2D eigenvalue weighted by molar-refractivity contribution is 7.89. The van der Waals surface area contributed by atoms with Crippen LogP contribution in [0.15, 0.2) is 53.6 Å². The predicted molar refractivity (Wildman–Crippen MR) is 129 cm³/mol. The number of aryl methyl sites for hydroxylation is 1. The molecule has 0 bridgehead atoms. The molecule has 0 spiro atoms. The molecule has 0 radical (unpaired) electrons. The Kier molecular flexibility index (Phi) is 6.81. The van der Waals surface area contributed by atoms with Crippen LogP contribution in [-0.4, -0.2) is 62.5 Å². The minimum absolute atomic E-state index is 0.146. The summed E-state index contributed by atoms with van der Waals surface area (Å²) in [6.45, 7) is 5.30. The monoisotopic (exact) mass is 475 g/mol. The number of aromatic nitrogens is 1. The molecule has 1 atom stereocenters. The van der Waals surface area contributed by atoms with Gasteiger partial charge in [0.1, 0.15) is 12.4 Å². The molecule has 4 rings (SSSR count). The Hall–Kier alpha value is -2.06. The topological polar surface area (TPSA) is 54.8 Å². The third kappa shape index (κ3) is 4.66. The lowest BCUT2D eigenvalue weighted by molar-refractivity contribution is 0.261. The van der Waals surface area contributed by atoms with E-state index >= 15 is 0 Å². The van der Waals surface area contributed by atoms with E-state index in [1.807, 2.05) is 37.2 Å². The molecule has 2 heterocycles.